The number of ether oxygens (including phenoxy) is 5. The largest absolute Gasteiger partial charge is 0.459 e. The Balaban J connectivity index is 2.18. The van der Waals surface area contributed by atoms with Crippen molar-refractivity contribution in [1.29, 1.82) is 0 Å². The second kappa shape index (κ2) is 15.4. The van der Waals surface area contributed by atoms with E-state index in [4.69, 9.17) is 23.7 Å². The van der Waals surface area contributed by atoms with Crippen molar-refractivity contribution in [3.63, 3.8) is 0 Å². The van der Waals surface area contributed by atoms with Gasteiger partial charge in [0.05, 0.1) is 43.0 Å². The highest BCUT2D eigenvalue weighted by Crippen LogP contribution is 2.39. The molecule has 2 unspecified atom stereocenters. The molecule has 4 aliphatic rings. The molecule has 0 radical (unpaired) electrons. The van der Waals surface area contributed by atoms with Gasteiger partial charge >= 0.3 is 5.97 Å². The second-order valence-electron chi connectivity index (χ2n) is 14.9. The maximum atomic E-state index is 13.6. The van der Waals surface area contributed by atoms with E-state index in [1.165, 1.54) is 0 Å². The summed E-state index contributed by atoms with van der Waals surface area (Å²) in [6.07, 6.45) is -4.20. The van der Waals surface area contributed by atoms with Crippen LogP contribution in [0.2, 0.25) is 0 Å². The molecule has 11 nitrogen and oxygen atoms in total. The number of carbonyl (C=O) groups excluding carboxylic acids is 1. The van der Waals surface area contributed by atoms with Crippen LogP contribution in [0, 0.1) is 17.8 Å². The molecule has 4 saturated heterocycles. The molecule has 0 spiro atoms. The van der Waals surface area contributed by atoms with Crippen LogP contribution < -0.4 is 0 Å². The summed E-state index contributed by atoms with van der Waals surface area (Å²) in [5.41, 5.74) is -1.87. The number of aliphatic hydroxyl groups is 3. The van der Waals surface area contributed by atoms with Gasteiger partial charge in [-0.2, -0.15) is 0 Å². The third-order valence-corrected chi connectivity index (χ3v) is 10.5. The van der Waals surface area contributed by atoms with Crippen molar-refractivity contribution in [2.75, 3.05) is 40.9 Å². The maximum Gasteiger partial charge on any atom is 0.311 e. The van der Waals surface area contributed by atoms with Crippen molar-refractivity contribution in [3.05, 3.63) is 12.2 Å². The molecule has 0 saturated carbocycles. The lowest BCUT2D eigenvalue weighted by atomic mass is 9.77. The van der Waals surface area contributed by atoms with E-state index < -0.39 is 65.8 Å². The summed E-state index contributed by atoms with van der Waals surface area (Å²) in [7, 11) is 5.83. The topological polar surface area (TPSA) is 130 Å². The maximum absolute atomic E-state index is 13.6. The minimum Gasteiger partial charge on any atom is -0.459 e. The van der Waals surface area contributed by atoms with Crippen molar-refractivity contribution in [3.8, 4) is 0 Å². The average molecular weight is 643 g/mol. The first-order chi connectivity index (χ1) is 20.8. The van der Waals surface area contributed by atoms with Gasteiger partial charge in [-0.25, -0.2) is 0 Å². The van der Waals surface area contributed by atoms with E-state index in [1.807, 2.05) is 60.7 Å². The van der Waals surface area contributed by atoms with Crippen molar-refractivity contribution < 1.29 is 43.8 Å². The average Bonchev–Trinajstić information content (AvgIpc) is 2.96. The Labute approximate surface area is 271 Å². The minimum absolute atomic E-state index is 0.0734. The smallest absolute Gasteiger partial charge is 0.311 e. The number of hydrogen-bond acceptors (Lipinski definition) is 11. The summed E-state index contributed by atoms with van der Waals surface area (Å²) in [6.45, 7) is 20.2. The predicted octanol–water partition coefficient (Wildman–Crippen LogP) is 2.59. The van der Waals surface area contributed by atoms with Crippen LogP contribution in [0.1, 0.15) is 74.7 Å². The van der Waals surface area contributed by atoms with Crippen LogP contribution >= 0.6 is 0 Å². The highest BCUT2D eigenvalue weighted by molar-refractivity contribution is 5.73. The second-order valence-corrected chi connectivity index (χ2v) is 14.9. The minimum atomic E-state index is -1.54. The van der Waals surface area contributed by atoms with Crippen LogP contribution in [0.4, 0.5) is 0 Å². The van der Waals surface area contributed by atoms with Crippen LogP contribution in [0.15, 0.2) is 12.2 Å². The van der Waals surface area contributed by atoms with Gasteiger partial charge in [-0.05, 0) is 86.5 Å². The summed E-state index contributed by atoms with van der Waals surface area (Å²) in [4.78, 5) is 17.7. The highest BCUT2D eigenvalue weighted by Gasteiger charge is 2.51. The zero-order valence-corrected chi connectivity index (χ0v) is 29.6. The van der Waals surface area contributed by atoms with Crippen LogP contribution in [0.3, 0.4) is 0 Å². The first-order valence-corrected chi connectivity index (χ1v) is 16.7. The molecule has 45 heavy (non-hydrogen) atoms. The molecule has 0 aliphatic carbocycles. The van der Waals surface area contributed by atoms with Crippen molar-refractivity contribution in [1.82, 2.24) is 9.80 Å². The predicted molar refractivity (Wildman–Crippen MR) is 172 cm³/mol. The molecule has 14 atom stereocenters. The van der Waals surface area contributed by atoms with Crippen LogP contribution in [-0.4, -0.2) is 138 Å². The van der Waals surface area contributed by atoms with Gasteiger partial charge in [-0.1, -0.05) is 27.4 Å². The van der Waals surface area contributed by atoms with E-state index in [0.717, 1.165) is 0 Å². The first-order valence-electron chi connectivity index (χ1n) is 16.7. The van der Waals surface area contributed by atoms with Gasteiger partial charge in [0, 0.05) is 24.5 Å². The number of likely N-dealkylation sites (N-methyl/N-ethyl adjacent to an activating group) is 2. The van der Waals surface area contributed by atoms with E-state index in [2.05, 4.69) is 18.4 Å². The number of rotatable bonds is 4. The summed E-state index contributed by atoms with van der Waals surface area (Å²) < 4.78 is 32.0. The normalized spacial score (nSPS) is 46.9. The van der Waals surface area contributed by atoms with Gasteiger partial charge in [0.25, 0.3) is 0 Å². The molecule has 0 aromatic heterocycles. The molecule has 0 aromatic rings. The summed E-state index contributed by atoms with van der Waals surface area (Å²) in [5, 5.41) is 35.2. The van der Waals surface area contributed by atoms with Gasteiger partial charge in [0.2, 0.25) is 0 Å². The lowest BCUT2D eigenvalue weighted by molar-refractivity contribution is -0.303. The zero-order chi connectivity index (χ0) is 34.0. The molecule has 2 bridgehead atoms. The number of carbonyl (C=O) groups is 1. The number of aliphatic hydroxyl groups excluding tert-OH is 2. The number of fused-ring (bicyclic) bond motifs is 15. The van der Waals surface area contributed by atoms with Crippen molar-refractivity contribution >= 4 is 5.97 Å². The fraction of sp³-hybridized carbons (Fsp3) is 0.912. The van der Waals surface area contributed by atoms with E-state index in [-0.39, 0.29) is 37.3 Å². The van der Waals surface area contributed by atoms with Gasteiger partial charge in [-0.15, -0.1) is 0 Å². The molecule has 3 N–H and O–H groups in total. The lowest BCUT2D eigenvalue weighted by Gasteiger charge is -2.48. The molecule has 4 rings (SSSR count). The first kappa shape index (κ1) is 38.3. The number of hydrogen-bond donors (Lipinski definition) is 3. The summed E-state index contributed by atoms with van der Waals surface area (Å²) in [5.74, 6) is -2.15. The molecule has 4 heterocycles. The Morgan fingerprint density at radius 1 is 1.09 bits per heavy atom. The number of nitrogens with zero attached hydrogens (tertiary/aromatic N) is 2. The van der Waals surface area contributed by atoms with Gasteiger partial charge in [-0.3, -0.25) is 4.79 Å². The Morgan fingerprint density at radius 2 is 1.73 bits per heavy atom. The van der Waals surface area contributed by atoms with Gasteiger partial charge < -0.3 is 48.8 Å². The molecule has 4 aliphatic heterocycles. The fourth-order valence-corrected chi connectivity index (χ4v) is 7.66. The lowest BCUT2D eigenvalue weighted by Crippen LogP contribution is -2.60. The van der Waals surface area contributed by atoms with Gasteiger partial charge in [0.1, 0.15) is 23.9 Å². The molecule has 0 aromatic carbocycles. The standard InChI is InChI=1S/C34H62N2O9/c1-13-26-34(9,40)30-24(7)36(12)16-19(2)15-33(8,42-18-20(3)17-41-30)29(22(5)27(37)23(6)31(39)44-26)45-32-28(38)25(35(10)11)14-21(4)43-32/h19,21-30,32,37-38,40H,3,13-18H2,1-2,4-12H3/t19-,21-,22+,23?,24-,25+,26-,27?,28-,29-,30+,32+,33-,34-/m1/s1. The molecule has 262 valence electrons. The Bertz CT molecular complexity index is 995. The molecule has 0 amide bonds. The summed E-state index contributed by atoms with van der Waals surface area (Å²) in [6, 6.07) is -0.443. The van der Waals surface area contributed by atoms with Crippen molar-refractivity contribution in [2.45, 2.75) is 141 Å². The molecule has 4 fully saturated rings. The van der Waals surface area contributed by atoms with Crippen molar-refractivity contribution in [2.24, 2.45) is 17.8 Å². The third kappa shape index (κ3) is 8.66. The highest BCUT2D eigenvalue weighted by atomic mass is 16.7. The monoisotopic (exact) mass is 642 g/mol. The number of esters is 1. The van der Waals surface area contributed by atoms with Crippen LogP contribution in [0.25, 0.3) is 0 Å². The molecule has 11 heteroatoms. The van der Waals surface area contributed by atoms with E-state index in [0.29, 0.717) is 31.4 Å². The van der Waals surface area contributed by atoms with Gasteiger partial charge in [0.15, 0.2) is 6.29 Å². The Hall–Kier alpha value is -1.15. The Morgan fingerprint density at radius 3 is 2.33 bits per heavy atom. The molecular formula is C34H62N2O9. The van der Waals surface area contributed by atoms with Crippen LogP contribution in [0.5, 0.6) is 0 Å². The third-order valence-electron chi connectivity index (χ3n) is 10.5. The molecular weight excluding hydrogens is 580 g/mol. The zero-order valence-electron chi connectivity index (χ0n) is 29.6. The quantitative estimate of drug-likeness (QED) is 0.309. The van der Waals surface area contributed by atoms with E-state index >= 15 is 0 Å². The Kier molecular flexibility index (Phi) is 13.1. The SMILES string of the molecule is C=C1CO[C@H]2[C@@H](C)N(C)C[C@H](C)C[C@@](C)(OC1)[C@H](O[C@@H]1O[C@H](C)C[C@H](N(C)C)[C@H]1O)[C@@H](C)C(O)C(C)C(=O)O[C@H](CC)[C@@]2(C)O. The van der Waals surface area contributed by atoms with Crippen LogP contribution in [-0.2, 0) is 28.5 Å². The fourth-order valence-electron chi connectivity index (χ4n) is 7.66. The van der Waals surface area contributed by atoms with E-state index in [9.17, 15) is 20.1 Å². The van der Waals surface area contributed by atoms with E-state index in [1.54, 1.807) is 13.8 Å². The summed E-state index contributed by atoms with van der Waals surface area (Å²) >= 11 is 0.